The maximum absolute atomic E-state index is 10.8. The molecule has 0 aromatic heterocycles. The second-order valence-electron chi connectivity index (χ2n) is 3.29. The lowest BCUT2D eigenvalue weighted by Crippen LogP contribution is -2.12. The van der Waals surface area contributed by atoms with E-state index in [1.807, 2.05) is 0 Å². The Labute approximate surface area is 103 Å². The number of primary amides is 1. The highest BCUT2D eigenvalue weighted by molar-refractivity contribution is 6.00. The number of carboxylic acids is 1. The maximum atomic E-state index is 10.8. The quantitative estimate of drug-likeness (QED) is 0.581. The van der Waals surface area contributed by atoms with Gasteiger partial charge in [-0.1, -0.05) is 12.1 Å². The number of aliphatic carboxylic acids is 1. The lowest BCUT2D eigenvalue weighted by atomic mass is 10.1. The highest BCUT2D eigenvalue weighted by Crippen LogP contribution is 2.14. The van der Waals surface area contributed by atoms with Gasteiger partial charge in [0.2, 0.25) is 0 Å². The van der Waals surface area contributed by atoms with Crippen LogP contribution in [0, 0.1) is 11.3 Å². The fourth-order valence-corrected chi connectivity index (χ4v) is 1.13. The van der Waals surface area contributed by atoms with E-state index in [0.29, 0.717) is 11.3 Å². The highest BCUT2D eigenvalue weighted by Gasteiger charge is 2.03. The Morgan fingerprint density at radius 3 is 2.44 bits per heavy atom. The van der Waals surface area contributed by atoms with Gasteiger partial charge in [0.1, 0.15) is 17.4 Å². The van der Waals surface area contributed by atoms with Crippen molar-refractivity contribution < 1.29 is 19.4 Å². The summed E-state index contributed by atoms with van der Waals surface area (Å²) in [4.78, 5) is 21.1. The van der Waals surface area contributed by atoms with Crippen molar-refractivity contribution in [3.8, 4) is 11.8 Å². The molecular weight excluding hydrogens is 236 g/mol. The predicted octanol–water partition coefficient (Wildman–Crippen LogP) is 0.542. The molecule has 18 heavy (non-hydrogen) atoms. The van der Waals surface area contributed by atoms with Gasteiger partial charge in [-0.3, -0.25) is 4.79 Å². The van der Waals surface area contributed by atoms with Gasteiger partial charge in [0, 0.05) is 0 Å². The Kier molecular flexibility index (Phi) is 4.46. The van der Waals surface area contributed by atoms with Crippen molar-refractivity contribution in [2.24, 2.45) is 5.73 Å². The molecule has 0 fully saturated rings. The number of amides is 1. The molecule has 0 bridgehead atoms. The topological polar surface area (TPSA) is 113 Å². The number of benzene rings is 1. The van der Waals surface area contributed by atoms with Crippen LogP contribution in [0.1, 0.15) is 5.56 Å². The largest absolute Gasteiger partial charge is 0.482 e. The first-order chi connectivity index (χ1) is 8.52. The fraction of sp³-hybridized carbons (Fsp3) is 0.0833. The summed E-state index contributed by atoms with van der Waals surface area (Å²) in [7, 11) is 0. The summed E-state index contributed by atoms with van der Waals surface area (Å²) in [6.45, 7) is -0.431. The molecule has 0 spiro atoms. The van der Waals surface area contributed by atoms with Crippen LogP contribution in [0.3, 0.4) is 0 Å². The summed E-state index contributed by atoms with van der Waals surface area (Å²) in [6.07, 6.45) is 1.34. The number of nitrogens with zero attached hydrogens (tertiary/aromatic N) is 1. The van der Waals surface area contributed by atoms with E-state index >= 15 is 0 Å². The van der Waals surface area contributed by atoms with Crippen LogP contribution < -0.4 is 10.5 Å². The van der Waals surface area contributed by atoms with E-state index in [4.69, 9.17) is 20.8 Å². The number of rotatable bonds is 5. The Bertz CT molecular complexity index is 526. The number of hydrogen-bond acceptors (Lipinski definition) is 4. The molecule has 0 aliphatic rings. The molecule has 3 N–H and O–H groups in total. The van der Waals surface area contributed by atoms with Gasteiger partial charge >= 0.3 is 5.97 Å². The number of carboxylic acid groups (broad SMARTS) is 1. The normalized spacial score (nSPS) is 10.5. The lowest BCUT2D eigenvalue weighted by Gasteiger charge is -2.03. The molecule has 1 rings (SSSR count). The van der Waals surface area contributed by atoms with Gasteiger partial charge in [-0.15, -0.1) is 0 Å². The van der Waals surface area contributed by atoms with Crippen molar-refractivity contribution in [1.82, 2.24) is 0 Å². The second kappa shape index (κ2) is 6.06. The third-order valence-corrected chi connectivity index (χ3v) is 1.94. The first-order valence-corrected chi connectivity index (χ1v) is 4.89. The minimum Gasteiger partial charge on any atom is -0.482 e. The summed E-state index contributed by atoms with van der Waals surface area (Å²) in [5.41, 5.74) is 5.42. The molecule has 1 aromatic rings. The number of nitrogens with two attached hydrogens (primary N) is 1. The van der Waals surface area contributed by atoms with Gasteiger partial charge < -0.3 is 15.6 Å². The Balaban J connectivity index is 2.80. The van der Waals surface area contributed by atoms with Crippen LogP contribution in [-0.2, 0) is 9.59 Å². The molecule has 6 heteroatoms. The van der Waals surface area contributed by atoms with E-state index in [1.165, 1.54) is 18.2 Å². The second-order valence-corrected chi connectivity index (χ2v) is 3.29. The molecule has 0 radical (unpaired) electrons. The van der Waals surface area contributed by atoms with Gasteiger partial charge in [0.05, 0.1) is 0 Å². The van der Waals surface area contributed by atoms with Crippen molar-refractivity contribution in [1.29, 1.82) is 5.26 Å². The summed E-state index contributed by atoms with van der Waals surface area (Å²) in [6, 6.07) is 7.91. The van der Waals surface area contributed by atoms with Gasteiger partial charge in [-0.2, -0.15) is 5.26 Å². The van der Waals surface area contributed by atoms with Crippen LogP contribution in [0.2, 0.25) is 0 Å². The van der Waals surface area contributed by atoms with Gasteiger partial charge in [0.25, 0.3) is 5.91 Å². The minimum atomic E-state index is -1.07. The van der Waals surface area contributed by atoms with Crippen LogP contribution in [0.25, 0.3) is 6.08 Å². The minimum absolute atomic E-state index is 0.158. The zero-order valence-corrected chi connectivity index (χ0v) is 9.29. The van der Waals surface area contributed by atoms with Crippen molar-refractivity contribution in [2.45, 2.75) is 0 Å². The number of carbonyl (C=O) groups is 2. The number of ether oxygens (including phenoxy) is 1. The summed E-state index contributed by atoms with van der Waals surface area (Å²) < 4.78 is 4.92. The van der Waals surface area contributed by atoms with Crippen LogP contribution in [0.15, 0.2) is 29.8 Å². The van der Waals surface area contributed by atoms with E-state index < -0.39 is 18.5 Å². The van der Waals surface area contributed by atoms with E-state index in [9.17, 15) is 9.59 Å². The van der Waals surface area contributed by atoms with E-state index in [0.717, 1.165) is 0 Å². The molecule has 0 unspecified atom stereocenters. The Hall–Kier alpha value is -2.81. The molecule has 0 heterocycles. The van der Waals surface area contributed by atoms with E-state index in [2.05, 4.69) is 0 Å². The summed E-state index contributed by atoms with van der Waals surface area (Å²) in [5.74, 6) is -1.49. The number of carbonyl (C=O) groups excluding carboxylic acids is 1. The van der Waals surface area contributed by atoms with Crippen molar-refractivity contribution in [2.75, 3.05) is 6.61 Å². The van der Waals surface area contributed by atoms with E-state index in [-0.39, 0.29) is 5.57 Å². The summed E-state index contributed by atoms with van der Waals surface area (Å²) >= 11 is 0. The lowest BCUT2D eigenvalue weighted by molar-refractivity contribution is -0.139. The third-order valence-electron chi connectivity index (χ3n) is 1.94. The zero-order chi connectivity index (χ0) is 13.5. The van der Waals surface area contributed by atoms with Gasteiger partial charge in [-0.05, 0) is 23.8 Å². The maximum Gasteiger partial charge on any atom is 0.341 e. The molecular formula is C12H10N2O4. The standard InChI is InChI=1S/C12H10N2O4/c13-6-9(12(14)17)5-8-1-3-10(4-2-8)18-7-11(15)16/h1-5H,7H2,(H2,14,17)(H,15,16). The Morgan fingerprint density at radius 1 is 1.39 bits per heavy atom. The fourth-order valence-electron chi connectivity index (χ4n) is 1.13. The Morgan fingerprint density at radius 2 is 2.00 bits per heavy atom. The SMILES string of the molecule is N#CC(=Cc1ccc(OCC(=O)O)cc1)C(N)=O. The monoisotopic (exact) mass is 246 g/mol. The smallest absolute Gasteiger partial charge is 0.341 e. The van der Waals surface area contributed by atoms with Crippen LogP contribution in [-0.4, -0.2) is 23.6 Å². The molecule has 0 atom stereocenters. The van der Waals surface area contributed by atoms with Crippen molar-refractivity contribution >= 4 is 18.0 Å². The average molecular weight is 246 g/mol. The number of hydrogen-bond donors (Lipinski definition) is 2. The third kappa shape index (κ3) is 3.98. The van der Waals surface area contributed by atoms with Gasteiger partial charge in [0.15, 0.2) is 6.61 Å². The van der Waals surface area contributed by atoms with Crippen LogP contribution in [0.4, 0.5) is 0 Å². The van der Waals surface area contributed by atoms with Gasteiger partial charge in [-0.25, -0.2) is 4.79 Å². The molecule has 0 saturated heterocycles. The van der Waals surface area contributed by atoms with Crippen LogP contribution >= 0.6 is 0 Å². The molecule has 6 nitrogen and oxygen atoms in total. The first kappa shape index (κ1) is 13.3. The highest BCUT2D eigenvalue weighted by atomic mass is 16.5. The van der Waals surface area contributed by atoms with Crippen LogP contribution in [0.5, 0.6) is 5.75 Å². The number of nitriles is 1. The molecule has 0 saturated carbocycles. The molecule has 0 aliphatic carbocycles. The molecule has 92 valence electrons. The summed E-state index contributed by atoms with van der Waals surface area (Å²) in [5, 5.41) is 17.1. The predicted molar refractivity (Wildman–Crippen MR) is 62.4 cm³/mol. The average Bonchev–Trinajstić information content (AvgIpc) is 2.34. The zero-order valence-electron chi connectivity index (χ0n) is 9.29. The molecule has 1 amide bonds. The molecule has 1 aromatic carbocycles. The molecule has 0 aliphatic heterocycles. The van der Waals surface area contributed by atoms with Crippen molar-refractivity contribution in [3.63, 3.8) is 0 Å². The first-order valence-electron chi connectivity index (χ1n) is 4.89. The van der Waals surface area contributed by atoms with Crippen molar-refractivity contribution in [3.05, 3.63) is 35.4 Å². The van der Waals surface area contributed by atoms with E-state index in [1.54, 1.807) is 18.2 Å².